The van der Waals surface area contributed by atoms with Crippen molar-refractivity contribution in [3.05, 3.63) is 78.9 Å². The monoisotopic (exact) mass is 625 g/mol. The standard InChI is InChI=1S/C29H32N5O7PS/c1-3-37-42(38-4-2)16-21-22(15-36-28(35)19-11-7-5-8-12-19)40-27(34-18-33-23-25(30)31-17-32-26(23)34)24(21)41-29(43)39-20-13-9-6-10-14-20/h5-14,17-18,21-22,24,27H,3-4,15-16H2,1-2H3,(H2,30,31,32)/t21?,22-,24?,27-/m1/s1. The second kappa shape index (κ2) is 14.6. The van der Waals surface area contributed by atoms with E-state index in [0.717, 1.165) is 0 Å². The summed E-state index contributed by atoms with van der Waals surface area (Å²) in [5.41, 5.74) is 7.35. The Morgan fingerprint density at radius 1 is 1.02 bits per heavy atom. The van der Waals surface area contributed by atoms with E-state index in [1.54, 1.807) is 47.3 Å². The van der Waals surface area contributed by atoms with Gasteiger partial charge in [0, 0.05) is 24.3 Å². The van der Waals surface area contributed by atoms with Crippen LogP contribution < -0.4 is 10.5 Å². The minimum Gasteiger partial charge on any atom is -0.459 e. The number of rotatable bonds is 12. The number of carbonyl (C=O) groups is 1. The smallest absolute Gasteiger partial charge is 0.358 e. The molecule has 0 spiro atoms. The van der Waals surface area contributed by atoms with E-state index in [9.17, 15) is 4.79 Å². The second-order valence-corrected chi connectivity index (χ2v) is 11.3. The highest BCUT2D eigenvalue weighted by atomic mass is 32.1. The van der Waals surface area contributed by atoms with Crippen LogP contribution in [0.25, 0.3) is 11.2 Å². The molecule has 226 valence electrons. The fraction of sp³-hybridized carbons (Fsp3) is 0.345. The van der Waals surface area contributed by atoms with E-state index >= 15 is 0 Å². The first-order valence-electron chi connectivity index (χ1n) is 13.8. The molecule has 4 atom stereocenters. The van der Waals surface area contributed by atoms with Gasteiger partial charge in [-0.1, -0.05) is 36.4 Å². The highest BCUT2D eigenvalue weighted by Gasteiger charge is 2.50. The van der Waals surface area contributed by atoms with Gasteiger partial charge in [0.2, 0.25) is 0 Å². The molecule has 2 aromatic heterocycles. The van der Waals surface area contributed by atoms with Crippen LogP contribution >= 0.6 is 20.6 Å². The van der Waals surface area contributed by atoms with Crippen molar-refractivity contribution >= 4 is 48.8 Å². The van der Waals surface area contributed by atoms with Gasteiger partial charge in [-0.15, -0.1) is 0 Å². The van der Waals surface area contributed by atoms with Crippen molar-refractivity contribution in [1.29, 1.82) is 0 Å². The molecule has 0 amide bonds. The van der Waals surface area contributed by atoms with Gasteiger partial charge in [-0.25, -0.2) is 19.7 Å². The molecule has 12 nitrogen and oxygen atoms in total. The Balaban J connectivity index is 1.48. The number of carbonyl (C=O) groups excluding carboxylic acids is 1. The van der Waals surface area contributed by atoms with E-state index in [4.69, 9.17) is 45.9 Å². The van der Waals surface area contributed by atoms with Crippen LogP contribution in [0.5, 0.6) is 5.75 Å². The maximum atomic E-state index is 12.9. The number of aromatic nitrogens is 4. The number of nitrogens with two attached hydrogens (primary N) is 1. The molecule has 0 radical (unpaired) electrons. The molecule has 0 aliphatic carbocycles. The van der Waals surface area contributed by atoms with Gasteiger partial charge in [-0.2, -0.15) is 0 Å². The molecule has 1 fully saturated rings. The number of thiocarbonyl (C=S) groups is 1. The van der Waals surface area contributed by atoms with E-state index in [2.05, 4.69) is 15.0 Å². The zero-order valence-electron chi connectivity index (χ0n) is 23.6. The number of nitrogens with zero attached hydrogens (tertiary/aromatic N) is 4. The Kier molecular flexibility index (Phi) is 10.4. The molecule has 3 heterocycles. The van der Waals surface area contributed by atoms with Crippen LogP contribution in [-0.2, 0) is 23.3 Å². The van der Waals surface area contributed by atoms with Gasteiger partial charge >= 0.3 is 11.2 Å². The number of benzene rings is 2. The van der Waals surface area contributed by atoms with Gasteiger partial charge in [0.25, 0.3) is 0 Å². The average molecular weight is 626 g/mol. The van der Waals surface area contributed by atoms with E-state index in [-0.39, 0.29) is 17.7 Å². The lowest BCUT2D eigenvalue weighted by molar-refractivity contribution is -0.0534. The van der Waals surface area contributed by atoms with Crippen LogP contribution in [-0.4, -0.2) is 68.9 Å². The average Bonchev–Trinajstić information content (AvgIpc) is 3.59. The Labute approximate surface area is 255 Å². The zero-order valence-corrected chi connectivity index (χ0v) is 25.4. The van der Waals surface area contributed by atoms with Crippen LogP contribution in [0, 0.1) is 5.92 Å². The van der Waals surface area contributed by atoms with E-state index in [1.807, 2.05) is 38.1 Å². The van der Waals surface area contributed by atoms with Crippen molar-refractivity contribution in [2.24, 2.45) is 5.92 Å². The molecular weight excluding hydrogens is 593 g/mol. The summed E-state index contributed by atoms with van der Waals surface area (Å²) in [6.07, 6.45) is 1.14. The number of esters is 1. The molecule has 4 aromatic rings. The normalized spacial score (nSPS) is 19.9. The Bertz CT molecular complexity index is 1510. The van der Waals surface area contributed by atoms with Gasteiger partial charge in [0.1, 0.15) is 30.3 Å². The number of fused-ring (bicyclic) bond motifs is 1. The van der Waals surface area contributed by atoms with Gasteiger partial charge in [0.15, 0.2) is 32.2 Å². The SMILES string of the molecule is CCOP(CC1C(OC(=S)Oc2ccccc2)[C@H](n2cnc3c(N)ncnc32)O[C@@H]1COC(=O)c1ccccc1)OCC. The minimum atomic E-state index is -1.34. The van der Waals surface area contributed by atoms with E-state index in [0.29, 0.717) is 41.9 Å². The van der Waals surface area contributed by atoms with Crippen molar-refractivity contribution in [2.45, 2.75) is 32.3 Å². The fourth-order valence-corrected chi connectivity index (χ4v) is 6.58. The molecule has 2 unspecified atom stereocenters. The lowest BCUT2D eigenvalue weighted by Gasteiger charge is -2.27. The Morgan fingerprint density at radius 2 is 1.72 bits per heavy atom. The maximum absolute atomic E-state index is 12.9. The molecule has 43 heavy (non-hydrogen) atoms. The van der Waals surface area contributed by atoms with Crippen LogP contribution in [0.1, 0.15) is 30.4 Å². The number of hydrogen-bond donors (Lipinski definition) is 1. The highest BCUT2D eigenvalue weighted by molar-refractivity contribution is 7.79. The number of para-hydroxylation sites is 1. The number of anilines is 1. The molecule has 5 rings (SSSR count). The predicted molar refractivity (Wildman–Crippen MR) is 163 cm³/mol. The summed E-state index contributed by atoms with van der Waals surface area (Å²) >= 11 is 5.54. The summed E-state index contributed by atoms with van der Waals surface area (Å²) in [7, 11) is -1.34. The largest absolute Gasteiger partial charge is 0.459 e. The second-order valence-electron chi connectivity index (χ2n) is 9.37. The molecular formula is C29H32N5O7PS. The maximum Gasteiger partial charge on any atom is 0.358 e. The molecule has 0 saturated carbocycles. The van der Waals surface area contributed by atoms with E-state index < -0.39 is 38.7 Å². The molecule has 1 aliphatic heterocycles. The van der Waals surface area contributed by atoms with Crippen molar-refractivity contribution < 1.29 is 32.8 Å². The third-order valence-corrected chi connectivity index (χ3v) is 8.62. The number of hydrogen-bond acceptors (Lipinski definition) is 12. The number of ether oxygens (including phenoxy) is 4. The van der Waals surface area contributed by atoms with Crippen molar-refractivity contribution in [1.82, 2.24) is 19.5 Å². The summed E-state index contributed by atoms with van der Waals surface area (Å²) in [6.45, 7) is 4.66. The Hall–Kier alpha value is -3.74. The molecule has 0 bridgehead atoms. The van der Waals surface area contributed by atoms with E-state index in [1.165, 1.54) is 6.33 Å². The third kappa shape index (κ3) is 7.43. The summed E-state index contributed by atoms with van der Waals surface area (Å²) < 4.78 is 38.1. The summed E-state index contributed by atoms with van der Waals surface area (Å²) in [4.78, 5) is 25.7. The first-order valence-corrected chi connectivity index (χ1v) is 15.5. The van der Waals surface area contributed by atoms with Gasteiger partial charge in [0.05, 0.1) is 25.1 Å². The minimum absolute atomic E-state index is 0.0633. The van der Waals surface area contributed by atoms with Crippen LogP contribution in [0.3, 0.4) is 0 Å². The number of nitrogen functional groups attached to an aromatic ring is 1. The first-order chi connectivity index (χ1) is 21.0. The van der Waals surface area contributed by atoms with Gasteiger partial charge in [-0.3, -0.25) is 4.57 Å². The topological polar surface area (TPSA) is 142 Å². The lowest BCUT2D eigenvalue weighted by atomic mass is 10.0. The summed E-state index contributed by atoms with van der Waals surface area (Å²) in [5.74, 6) is -0.139. The lowest BCUT2D eigenvalue weighted by Crippen LogP contribution is -2.36. The summed E-state index contributed by atoms with van der Waals surface area (Å²) in [5, 5.41) is -0.104. The first kappa shape index (κ1) is 30.7. The van der Waals surface area contributed by atoms with Crippen molar-refractivity contribution in [3.8, 4) is 5.75 Å². The third-order valence-electron chi connectivity index (χ3n) is 6.63. The highest BCUT2D eigenvalue weighted by Crippen LogP contribution is 2.47. The Morgan fingerprint density at radius 3 is 2.42 bits per heavy atom. The predicted octanol–water partition coefficient (Wildman–Crippen LogP) is 4.91. The fourth-order valence-electron chi connectivity index (χ4n) is 4.73. The van der Waals surface area contributed by atoms with Crippen molar-refractivity contribution in [3.63, 3.8) is 0 Å². The van der Waals surface area contributed by atoms with Crippen LogP contribution in [0.4, 0.5) is 5.82 Å². The molecule has 2 N–H and O–H groups in total. The van der Waals surface area contributed by atoms with Crippen LogP contribution in [0.2, 0.25) is 0 Å². The molecule has 14 heteroatoms. The quantitative estimate of drug-likeness (QED) is 0.130. The molecule has 1 saturated heterocycles. The zero-order chi connectivity index (χ0) is 30.2. The van der Waals surface area contributed by atoms with Crippen LogP contribution in [0.15, 0.2) is 73.3 Å². The summed E-state index contributed by atoms with van der Waals surface area (Å²) in [6, 6.07) is 17.8. The molecule has 2 aromatic carbocycles. The van der Waals surface area contributed by atoms with Crippen molar-refractivity contribution in [2.75, 3.05) is 31.7 Å². The van der Waals surface area contributed by atoms with Gasteiger partial charge in [-0.05, 0) is 38.1 Å². The van der Waals surface area contributed by atoms with Gasteiger partial charge < -0.3 is 33.7 Å². The molecule has 1 aliphatic rings. The number of imidazole rings is 1.